The largest absolute Gasteiger partial charge is 0.335 e. The number of nitrogens with zero attached hydrogens (tertiary/aromatic N) is 2. The number of carbonyl (C=O) groups excluding carboxylic acids is 1. The van der Waals surface area contributed by atoms with E-state index in [4.69, 9.17) is 0 Å². The van der Waals surface area contributed by atoms with Crippen LogP contribution < -0.4 is 5.32 Å². The molecule has 7 heteroatoms. The first kappa shape index (κ1) is 20.1. The minimum absolute atomic E-state index is 0.00333. The standard InChI is InChI=1S/C20H31N3O3S/c1-3-12-22(15-17-6-7-17)20(24)21-18-10-13-23(14-11-18)27(25,26)19-8-4-16(2)5-9-19/h4-5,8-9,17-18H,3,6-7,10-15H2,1-2H3,(H,21,24). The number of urea groups is 1. The van der Waals surface area contributed by atoms with Crippen molar-refractivity contribution < 1.29 is 13.2 Å². The molecule has 6 nitrogen and oxygen atoms in total. The molecule has 0 bridgehead atoms. The fraction of sp³-hybridized carbons (Fsp3) is 0.650. The first-order chi connectivity index (χ1) is 12.9. The van der Waals surface area contributed by atoms with E-state index in [1.807, 2.05) is 24.0 Å². The van der Waals surface area contributed by atoms with Crippen molar-refractivity contribution in [1.29, 1.82) is 0 Å². The highest BCUT2D eigenvalue weighted by Gasteiger charge is 2.31. The molecule has 2 aliphatic rings. The Bertz CT molecular complexity index is 736. The third-order valence-electron chi connectivity index (χ3n) is 5.40. The van der Waals surface area contributed by atoms with Crippen molar-refractivity contribution in [2.75, 3.05) is 26.2 Å². The Kier molecular flexibility index (Phi) is 6.42. The Morgan fingerprint density at radius 2 is 1.78 bits per heavy atom. The first-order valence-corrected chi connectivity index (χ1v) is 11.5. The second-order valence-electron chi connectivity index (χ2n) is 7.83. The molecule has 3 rings (SSSR count). The molecule has 1 saturated carbocycles. The summed E-state index contributed by atoms with van der Waals surface area (Å²) in [6, 6.07) is 7.02. The van der Waals surface area contributed by atoms with Gasteiger partial charge in [0.1, 0.15) is 0 Å². The number of aryl methyl sites for hydroxylation is 1. The average molecular weight is 394 g/mol. The van der Waals surface area contributed by atoms with Crippen LogP contribution in [0.15, 0.2) is 29.2 Å². The van der Waals surface area contributed by atoms with Crippen LogP contribution in [0, 0.1) is 12.8 Å². The second kappa shape index (κ2) is 8.61. The Labute approximate surface area is 163 Å². The number of hydrogen-bond donors (Lipinski definition) is 1. The lowest BCUT2D eigenvalue weighted by molar-refractivity contribution is 0.184. The fourth-order valence-corrected chi connectivity index (χ4v) is 4.99. The average Bonchev–Trinajstić information content (AvgIpc) is 3.46. The van der Waals surface area contributed by atoms with Crippen LogP contribution in [0.5, 0.6) is 0 Å². The summed E-state index contributed by atoms with van der Waals surface area (Å²) in [4.78, 5) is 14.8. The van der Waals surface area contributed by atoms with Crippen LogP contribution in [0.1, 0.15) is 44.6 Å². The molecule has 2 amide bonds. The van der Waals surface area contributed by atoms with Gasteiger partial charge in [0, 0.05) is 32.2 Å². The van der Waals surface area contributed by atoms with Crippen LogP contribution in [0.3, 0.4) is 0 Å². The molecule has 2 fully saturated rings. The Morgan fingerprint density at radius 3 is 2.33 bits per heavy atom. The van der Waals surface area contributed by atoms with Crippen molar-refractivity contribution in [2.24, 2.45) is 5.92 Å². The molecule has 0 unspecified atom stereocenters. The number of amides is 2. The van der Waals surface area contributed by atoms with Gasteiger partial charge >= 0.3 is 6.03 Å². The van der Waals surface area contributed by atoms with Crippen molar-refractivity contribution >= 4 is 16.1 Å². The molecule has 1 saturated heterocycles. The van der Waals surface area contributed by atoms with Gasteiger partial charge in [-0.05, 0) is 57.1 Å². The topological polar surface area (TPSA) is 69.7 Å². The molecular formula is C20H31N3O3S. The summed E-state index contributed by atoms with van der Waals surface area (Å²) in [5, 5.41) is 3.12. The lowest BCUT2D eigenvalue weighted by atomic mass is 10.1. The summed E-state index contributed by atoms with van der Waals surface area (Å²) in [7, 11) is -3.45. The summed E-state index contributed by atoms with van der Waals surface area (Å²) in [5.41, 5.74) is 1.04. The van der Waals surface area contributed by atoms with Crippen LogP contribution in [-0.4, -0.2) is 55.9 Å². The van der Waals surface area contributed by atoms with Crippen LogP contribution in [-0.2, 0) is 10.0 Å². The number of hydrogen-bond acceptors (Lipinski definition) is 3. The molecule has 1 N–H and O–H groups in total. The highest BCUT2D eigenvalue weighted by molar-refractivity contribution is 7.89. The molecule has 0 atom stereocenters. The number of rotatable bonds is 7. The smallest absolute Gasteiger partial charge is 0.317 e. The van der Waals surface area contributed by atoms with E-state index in [-0.39, 0.29) is 12.1 Å². The molecule has 0 aromatic heterocycles. The number of benzene rings is 1. The molecular weight excluding hydrogens is 362 g/mol. The van der Waals surface area contributed by atoms with E-state index >= 15 is 0 Å². The lowest BCUT2D eigenvalue weighted by Crippen LogP contribution is -2.50. The van der Waals surface area contributed by atoms with Crippen molar-refractivity contribution in [1.82, 2.24) is 14.5 Å². The quantitative estimate of drug-likeness (QED) is 0.774. The van der Waals surface area contributed by atoms with Gasteiger partial charge in [0.25, 0.3) is 0 Å². The van der Waals surface area contributed by atoms with E-state index < -0.39 is 10.0 Å². The second-order valence-corrected chi connectivity index (χ2v) is 9.77. The van der Waals surface area contributed by atoms with E-state index in [1.54, 1.807) is 12.1 Å². The van der Waals surface area contributed by atoms with Crippen LogP contribution >= 0.6 is 0 Å². The Hall–Kier alpha value is -1.60. The van der Waals surface area contributed by atoms with Crippen molar-refractivity contribution in [2.45, 2.75) is 56.9 Å². The summed E-state index contributed by atoms with van der Waals surface area (Å²) >= 11 is 0. The normalized spacial score (nSPS) is 19.0. The summed E-state index contributed by atoms with van der Waals surface area (Å²) in [6.07, 6.45) is 4.71. The molecule has 150 valence electrons. The molecule has 1 aliphatic carbocycles. The molecule has 1 aliphatic heterocycles. The van der Waals surface area contributed by atoms with E-state index in [1.165, 1.54) is 17.1 Å². The van der Waals surface area contributed by atoms with Gasteiger partial charge in [0.15, 0.2) is 0 Å². The maximum atomic E-state index is 12.8. The van der Waals surface area contributed by atoms with Gasteiger partial charge < -0.3 is 10.2 Å². The van der Waals surface area contributed by atoms with Crippen molar-refractivity contribution in [3.8, 4) is 0 Å². The Morgan fingerprint density at radius 1 is 1.15 bits per heavy atom. The van der Waals surface area contributed by atoms with Gasteiger partial charge in [-0.3, -0.25) is 0 Å². The zero-order chi connectivity index (χ0) is 19.4. The summed E-state index contributed by atoms with van der Waals surface area (Å²) in [5.74, 6) is 0.670. The highest BCUT2D eigenvalue weighted by Crippen LogP contribution is 2.30. The van der Waals surface area contributed by atoms with Crippen molar-refractivity contribution in [3.05, 3.63) is 29.8 Å². The van der Waals surface area contributed by atoms with E-state index in [9.17, 15) is 13.2 Å². The predicted octanol–water partition coefficient (Wildman–Crippen LogP) is 2.98. The summed E-state index contributed by atoms with van der Waals surface area (Å²) in [6.45, 7) is 6.54. The monoisotopic (exact) mass is 393 g/mol. The van der Waals surface area contributed by atoms with E-state index in [0.29, 0.717) is 36.7 Å². The van der Waals surface area contributed by atoms with Gasteiger partial charge in [-0.1, -0.05) is 24.6 Å². The van der Waals surface area contributed by atoms with Crippen LogP contribution in [0.2, 0.25) is 0 Å². The fourth-order valence-electron chi connectivity index (χ4n) is 3.52. The lowest BCUT2D eigenvalue weighted by Gasteiger charge is -2.33. The van der Waals surface area contributed by atoms with Crippen LogP contribution in [0.25, 0.3) is 0 Å². The van der Waals surface area contributed by atoms with Gasteiger partial charge in [-0.15, -0.1) is 0 Å². The van der Waals surface area contributed by atoms with Gasteiger partial charge in [0.2, 0.25) is 10.0 Å². The van der Waals surface area contributed by atoms with E-state index in [0.717, 1.165) is 25.1 Å². The highest BCUT2D eigenvalue weighted by atomic mass is 32.2. The molecule has 1 aromatic rings. The molecule has 0 radical (unpaired) electrons. The first-order valence-electron chi connectivity index (χ1n) is 10.0. The molecule has 1 aromatic carbocycles. The van der Waals surface area contributed by atoms with Gasteiger partial charge in [-0.25, -0.2) is 13.2 Å². The number of sulfonamides is 1. The third kappa shape index (κ3) is 5.23. The summed E-state index contributed by atoms with van der Waals surface area (Å²) < 4.78 is 27.1. The number of piperidine rings is 1. The SMILES string of the molecule is CCCN(CC1CC1)C(=O)NC1CCN(S(=O)(=O)c2ccc(C)cc2)CC1. The maximum Gasteiger partial charge on any atom is 0.317 e. The van der Waals surface area contributed by atoms with Crippen LogP contribution in [0.4, 0.5) is 4.79 Å². The number of carbonyl (C=O) groups is 1. The molecule has 0 spiro atoms. The van der Waals surface area contributed by atoms with Gasteiger partial charge in [-0.2, -0.15) is 4.31 Å². The molecule has 1 heterocycles. The maximum absolute atomic E-state index is 12.8. The Balaban J connectivity index is 1.53. The molecule has 27 heavy (non-hydrogen) atoms. The zero-order valence-electron chi connectivity index (χ0n) is 16.4. The van der Waals surface area contributed by atoms with Crippen molar-refractivity contribution in [3.63, 3.8) is 0 Å². The zero-order valence-corrected chi connectivity index (χ0v) is 17.2. The van der Waals surface area contributed by atoms with Gasteiger partial charge in [0.05, 0.1) is 4.90 Å². The predicted molar refractivity (Wildman–Crippen MR) is 106 cm³/mol. The number of nitrogens with one attached hydrogen (secondary N) is 1. The van der Waals surface area contributed by atoms with E-state index in [2.05, 4.69) is 12.2 Å². The minimum Gasteiger partial charge on any atom is -0.335 e. The third-order valence-corrected chi connectivity index (χ3v) is 7.31. The minimum atomic E-state index is -3.45.